The summed E-state index contributed by atoms with van der Waals surface area (Å²) in [5.74, 6) is -0.248. The van der Waals surface area contributed by atoms with Crippen LogP contribution in [0.4, 0.5) is 0 Å². The van der Waals surface area contributed by atoms with Crippen molar-refractivity contribution in [2.75, 3.05) is 6.61 Å². The molecule has 2 heterocycles. The summed E-state index contributed by atoms with van der Waals surface area (Å²) >= 11 is 0. The number of esters is 1. The fraction of sp³-hybridized carbons (Fsp3) is 0.533. The van der Waals surface area contributed by atoms with Gasteiger partial charge in [0.15, 0.2) is 25.0 Å². The Balaban J connectivity index is 2.28. The zero-order chi connectivity index (χ0) is 16.5. The van der Waals surface area contributed by atoms with E-state index in [0.717, 1.165) is 5.51 Å². The number of aromatic nitrogens is 2. The molecule has 0 aliphatic heterocycles. The summed E-state index contributed by atoms with van der Waals surface area (Å²) in [4.78, 5) is 20.2. The van der Waals surface area contributed by atoms with Gasteiger partial charge in [0.05, 0.1) is 6.61 Å². The van der Waals surface area contributed by atoms with E-state index in [1.165, 1.54) is 12.5 Å². The van der Waals surface area contributed by atoms with Crippen molar-refractivity contribution < 1.29 is 18.4 Å². The second-order valence-corrected chi connectivity index (χ2v) is 11.8. The van der Waals surface area contributed by atoms with E-state index in [1.807, 2.05) is 0 Å². The molecule has 0 amide bonds. The van der Waals surface area contributed by atoms with Crippen molar-refractivity contribution in [2.24, 2.45) is 0 Å². The molecule has 0 radical (unpaired) electrons. The van der Waals surface area contributed by atoms with Crippen molar-refractivity contribution in [1.29, 1.82) is 0 Å². The normalized spacial score (nSPS) is 12.5. The van der Waals surface area contributed by atoms with Gasteiger partial charge in [-0.15, -0.1) is 0 Å². The monoisotopic (exact) mass is 322 g/mol. The molecule has 22 heavy (non-hydrogen) atoms. The van der Waals surface area contributed by atoms with Crippen LogP contribution in [0.15, 0.2) is 21.4 Å². The molecule has 120 valence electrons. The van der Waals surface area contributed by atoms with E-state index in [1.54, 1.807) is 6.92 Å². The Morgan fingerprint density at radius 3 is 2.50 bits per heavy atom. The van der Waals surface area contributed by atoms with Crippen LogP contribution in [0, 0.1) is 0 Å². The molecule has 0 aliphatic carbocycles. The van der Waals surface area contributed by atoms with Crippen LogP contribution in [0.3, 0.4) is 0 Å². The summed E-state index contributed by atoms with van der Waals surface area (Å²) < 4.78 is 15.9. The fourth-order valence-electron chi connectivity index (χ4n) is 1.67. The predicted molar refractivity (Wildman–Crippen MR) is 84.8 cm³/mol. The summed E-state index contributed by atoms with van der Waals surface area (Å²) in [5.41, 5.74) is 1.37. The van der Waals surface area contributed by atoms with Crippen LogP contribution in [-0.2, 0) is 4.74 Å². The number of ether oxygens (including phenoxy) is 1. The smallest absolute Gasteiger partial charge is 0.360 e. The summed E-state index contributed by atoms with van der Waals surface area (Å²) in [6, 6.07) is 0. The van der Waals surface area contributed by atoms with E-state index in [0.29, 0.717) is 12.3 Å². The molecule has 0 atom stereocenters. The molecular weight excluding hydrogens is 300 g/mol. The molecule has 0 N–H and O–H groups in total. The summed E-state index contributed by atoms with van der Waals surface area (Å²) in [6.07, 6.45) is 2.80. The number of rotatable bonds is 4. The van der Waals surface area contributed by atoms with Crippen LogP contribution in [0.25, 0.3) is 11.6 Å². The predicted octanol–water partition coefficient (Wildman–Crippen LogP) is 3.22. The van der Waals surface area contributed by atoms with Gasteiger partial charge in [0.2, 0.25) is 5.89 Å². The Bertz CT molecular complexity index is 667. The fourth-order valence-corrected chi connectivity index (χ4v) is 3.07. The maximum atomic E-state index is 11.6. The lowest BCUT2D eigenvalue weighted by atomic mass is 10.2. The highest BCUT2D eigenvalue weighted by Crippen LogP contribution is 2.35. The molecule has 0 bridgehead atoms. The van der Waals surface area contributed by atoms with Crippen LogP contribution in [0.1, 0.15) is 38.2 Å². The summed E-state index contributed by atoms with van der Waals surface area (Å²) in [7, 11) is -1.86. The van der Waals surface area contributed by atoms with Crippen LogP contribution in [0.5, 0.6) is 0 Å². The summed E-state index contributed by atoms with van der Waals surface area (Å²) in [6.45, 7) is 13.0. The van der Waals surface area contributed by atoms with Crippen LogP contribution >= 0.6 is 0 Å². The molecule has 6 nitrogen and oxygen atoms in total. The molecule has 0 saturated carbocycles. The van der Waals surface area contributed by atoms with Crippen LogP contribution in [-0.4, -0.2) is 30.6 Å². The largest absolute Gasteiger partial charge is 0.461 e. The van der Waals surface area contributed by atoms with E-state index in [-0.39, 0.29) is 16.6 Å². The first-order valence-electron chi connectivity index (χ1n) is 7.26. The van der Waals surface area contributed by atoms with Gasteiger partial charge in [0.1, 0.15) is 12.5 Å². The molecular formula is C15H22N2O4Si. The second-order valence-electron chi connectivity index (χ2n) is 6.67. The SMILES string of the molecule is CCOC(=O)c1coc(-c2coc([Si](C)(C)C(C)(C)C)n2)n1. The van der Waals surface area contributed by atoms with Gasteiger partial charge in [0.25, 0.3) is 0 Å². The first kappa shape index (κ1) is 16.5. The molecule has 0 fully saturated rings. The quantitative estimate of drug-likeness (QED) is 0.635. The first-order chi connectivity index (χ1) is 10.2. The van der Waals surface area contributed by atoms with Gasteiger partial charge >= 0.3 is 5.97 Å². The lowest BCUT2D eigenvalue weighted by Crippen LogP contribution is -2.50. The Morgan fingerprint density at radius 2 is 1.91 bits per heavy atom. The average molecular weight is 322 g/mol. The van der Waals surface area contributed by atoms with E-state index in [2.05, 4.69) is 43.8 Å². The minimum absolute atomic E-state index is 0.113. The van der Waals surface area contributed by atoms with E-state index in [4.69, 9.17) is 13.6 Å². The minimum Gasteiger partial charge on any atom is -0.461 e. The molecule has 2 aromatic heterocycles. The van der Waals surface area contributed by atoms with E-state index >= 15 is 0 Å². The lowest BCUT2D eigenvalue weighted by molar-refractivity contribution is 0.0519. The van der Waals surface area contributed by atoms with Gasteiger partial charge in [-0.2, -0.15) is 0 Å². The Morgan fingerprint density at radius 1 is 1.23 bits per heavy atom. The third-order valence-corrected chi connectivity index (χ3v) is 9.17. The van der Waals surface area contributed by atoms with Crippen molar-refractivity contribution >= 4 is 19.6 Å². The molecule has 7 heteroatoms. The van der Waals surface area contributed by atoms with Gasteiger partial charge < -0.3 is 13.6 Å². The van der Waals surface area contributed by atoms with Crippen molar-refractivity contribution in [2.45, 2.75) is 45.8 Å². The van der Waals surface area contributed by atoms with Crippen LogP contribution in [0.2, 0.25) is 18.1 Å². The zero-order valence-electron chi connectivity index (χ0n) is 13.9. The molecule has 0 saturated heterocycles. The maximum Gasteiger partial charge on any atom is 0.360 e. The van der Waals surface area contributed by atoms with Gasteiger partial charge in [-0.1, -0.05) is 33.9 Å². The number of hydrogen-bond donors (Lipinski definition) is 0. The molecule has 2 aromatic rings. The van der Waals surface area contributed by atoms with Gasteiger partial charge in [-0.25, -0.2) is 14.8 Å². The molecule has 0 aliphatic rings. The third-order valence-electron chi connectivity index (χ3n) is 4.12. The van der Waals surface area contributed by atoms with Gasteiger partial charge in [-0.05, 0) is 12.0 Å². The standard InChI is InChI=1S/C15H22N2O4Si/c1-7-19-13(18)11-9-20-12(16-11)10-8-21-14(17-10)22(5,6)15(2,3)4/h8-9H,7H2,1-6H3. The first-order valence-corrected chi connectivity index (χ1v) is 10.3. The Hall–Kier alpha value is -1.89. The number of carbonyl (C=O) groups excluding carboxylic acids is 1. The van der Waals surface area contributed by atoms with E-state index in [9.17, 15) is 4.79 Å². The Kier molecular flexibility index (Phi) is 4.28. The van der Waals surface area contributed by atoms with Crippen molar-refractivity contribution in [1.82, 2.24) is 9.97 Å². The summed E-state index contributed by atoms with van der Waals surface area (Å²) in [5, 5.41) is 0.113. The minimum atomic E-state index is -1.86. The highest BCUT2D eigenvalue weighted by atomic mass is 28.3. The number of oxazole rings is 2. The van der Waals surface area contributed by atoms with Gasteiger partial charge in [0, 0.05) is 0 Å². The Labute approximate surface area is 130 Å². The topological polar surface area (TPSA) is 78.4 Å². The number of hydrogen-bond acceptors (Lipinski definition) is 6. The van der Waals surface area contributed by atoms with Crippen molar-refractivity contribution in [3.05, 3.63) is 18.2 Å². The highest BCUT2D eigenvalue weighted by molar-refractivity contribution is 6.90. The lowest BCUT2D eigenvalue weighted by Gasteiger charge is -2.33. The molecule has 0 unspecified atom stereocenters. The van der Waals surface area contributed by atoms with Crippen molar-refractivity contribution in [3.8, 4) is 11.6 Å². The molecule has 0 aromatic carbocycles. The molecule has 2 rings (SSSR count). The third kappa shape index (κ3) is 2.99. The number of nitrogens with zero attached hydrogens (tertiary/aromatic N) is 2. The molecule has 0 spiro atoms. The highest BCUT2D eigenvalue weighted by Gasteiger charge is 2.41. The number of carbonyl (C=O) groups is 1. The van der Waals surface area contributed by atoms with Crippen molar-refractivity contribution in [3.63, 3.8) is 0 Å². The average Bonchev–Trinajstić information content (AvgIpc) is 3.07. The second kappa shape index (κ2) is 5.72. The van der Waals surface area contributed by atoms with E-state index < -0.39 is 14.0 Å². The van der Waals surface area contributed by atoms with Gasteiger partial charge in [-0.3, -0.25) is 0 Å². The zero-order valence-corrected chi connectivity index (χ0v) is 14.9. The maximum absolute atomic E-state index is 11.6. The van der Waals surface area contributed by atoms with Crippen LogP contribution < -0.4 is 5.51 Å².